The zero-order valence-corrected chi connectivity index (χ0v) is 13.5. The van der Waals surface area contributed by atoms with Crippen molar-refractivity contribution in [1.29, 1.82) is 0 Å². The summed E-state index contributed by atoms with van der Waals surface area (Å²) in [4.78, 5) is 24.2. The Hall–Kier alpha value is -2.82. The Morgan fingerprint density at radius 2 is 1.92 bits per heavy atom. The van der Waals surface area contributed by atoms with Crippen LogP contribution in [0.5, 0.6) is 5.75 Å². The molecule has 0 radical (unpaired) electrons. The van der Waals surface area contributed by atoms with E-state index in [-0.39, 0.29) is 18.2 Å². The van der Waals surface area contributed by atoms with E-state index in [1.54, 1.807) is 7.11 Å². The Morgan fingerprint density at radius 1 is 1.17 bits per heavy atom. The Labute approximate surface area is 141 Å². The summed E-state index contributed by atoms with van der Waals surface area (Å²) in [6.07, 6.45) is 0.911. The summed E-state index contributed by atoms with van der Waals surface area (Å²) in [5.74, 6) is 0.192. The molecule has 1 atom stereocenters. The number of anilines is 1. The SMILES string of the molecule is COc1ccc(CCNC(=O)CC2C(=O)Nc3ccccc32)cc1. The number of ether oxygens (including phenoxy) is 1. The molecule has 0 saturated carbocycles. The standard InChI is InChI=1S/C19H20N2O3/c1-24-14-8-6-13(7-9-14)10-11-20-18(22)12-16-15-4-2-3-5-17(15)21-19(16)23/h2-9,16H,10-12H2,1H3,(H,20,22)(H,21,23). The molecule has 0 bridgehead atoms. The number of fused-ring (bicyclic) bond motifs is 1. The number of para-hydroxylation sites is 1. The number of rotatable bonds is 6. The molecule has 0 spiro atoms. The molecule has 0 fully saturated rings. The average Bonchev–Trinajstić information content (AvgIpc) is 2.91. The van der Waals surface area contributed by atoms with Crippen molar-refractivity contribution < 1.29 is 14.3 Å². The molecule has 0 aliphatic carbocycles. The summed E-state index contributed by atoms with van der Waals surface area (Å²) >= 11 is 0. The highest BCUT2D eigenvalue weighted by atomic mass is 16.5. The number of carbonyl (C=O) groups is 2. The van der Waals surface area contributed by atoms with Gasteiger partial charge >= 0.3 is 0 Å². The van der Waals surface area contributed by atoms with Gasteiger partial charge in [-0.25, -0.2) is 0 Å². The van der Waals surface area contributed by atoms with Gasteiger partial charge in [0.1, 0.15) is 5.75 Å². The fourth-order valence-corrected chi connectivity index (χ4v) is 2.87. The van der Waals surface area contributed by atoms with Gasteiger partial charge in [-0.05, 0) is 35.7 Å². The van der Waals surface area contributed by atoms with Crippen LogP contribution in [0.25, 0.3) is 0 Å². The second-order valence-electron chi connectivity index (χ2n) is 5.78. The first-order chi connectivity index (χ1) is 11.7. The molecule has 2 amide bonds. The third kappa shape index (κ3) is 3.56. The summed E-state index contributed by atoms with van der Waals surface area (Å²) in [5, 5.41) is 5.70. The van der Waals surface area contributed by atoms with Crippen LogP contribution in [0.4, 0.5) is 5.69 Å². The first kappa shape index (κ1) is 16.1. The molecule has 1 unspecified atom stereocenters. The molecular formula is C19H20N2O3. The molecular weight excluding hydrogens is 304 g/mol. The second kappa shape index (κ2) is 7.17. The van der Waals surface area contributed by atoms with Crippen molar-refractivity contribution in [3.63, 3.8) is 0 Å². The Kier molecular flexibility index (Phi) is 4.79. The van der Waals surface area contributed by atoms with Gasteiger partial charge in [0.2, 0.25) is 11.8 Å². The number of methoxy groups -OCH3 is 1. The summed E-state index contributed by atoms with van der Waals surface area (Å²) in [6, 6.07) is 15.3. The molecule has 0 saturated heterocycles. The van der Waals surface area contributed by atoms with E-state index in [0.29, 0.717) is 6.54 Å². The minimum atomic E-state index is -0.401. The monoisotopic (exact) mass is 324 g/mol. The predicted molar refractivity (Wildman–Crippen MR) is 92.1 cm³/mol. The van der Waals surface area contributed by atoms with Gasteiger partial charge in [0.05, 0.1) is 13.0 Å². The van der Waals surface area contributed by atoms with E-state index in [4.69, 9.17) is 4.74 Å². The molecule has 24 heavy (non-hydrogen) atoms. The van der Waals surface area contributed by atoms with Crippen LogP contribution >= 0.6 is 0 Å². The van der Waals surface area contributed by atoms with E-state index in [1.807, 2.05) is 48.5 Å². The van der Waals surface area contributed by atoms with Crippen molar-refractivity contribution in [2.75, 3.05) is 19.0 Å². The lowest BCUT2D eigenvalue weighted by molar-refractivity contribution is -0.125. The molecule has 1 heterocycles. The summed E-state index contributed by atoms with van der Waals surface area (Å²) in [6.45, 7) is 0.543. The highest BCUT2D eigenvalue weighted by Gasteiger charge is 2.31. The number of hydrogen-bond acceptors (Lipinski definition) is 3. The number of benzene rings is 2. The van der Waals surface area contributed by atoms with E-state index in [9.17, 15) is 9.59 Å². The largest absolute Gasteiger partial charge is 0.497 e. The lowest BCUT2D eigenvalue weighted by Gasteiger charge is -2.10. The van der Waals surface area contributed by atoms with Crippen LogP contribution in [0.2, 0.25) is 0 Å². The Balaban J connectivity index is 1.50. The summed E-state index contributed by atoms with van der Waals surface area (Å²) in [5.41, 5.74) is 2.83. The van der Waals surface area contributed by atoms with Crippen molar-refractivity contribution in [3.8, 4) is 5.75 Å². The van der Waals surface area contributed by atoms with Gasteiger partial charge in [-0.1, -0.05) is 30.3 Å². The van der Waals surface area contributed by atoms with Gasteiger partial charge in [-0.3, -0.25) is 9.59 Å². The molecule has 3 rings (SSSR count). The molecule has 1 aliphatic rings. The van der Waals surface area contributed by atoms with E-state index < -0.39 is 5.92 Å². The van der Waals surface area contributed by atoms with E-state index in [2.05, 4.69) is 10.6 Å². The molecule has 2 aromatic rings. The topological polar surface area (TPSA) is 67.4 Å². The Bertz CT molecular complexity index is 741. The molecule has 1 aliphatic heterocycles. The van der Waals surface area contributed by atoms with Gasteiger partial charge in [0, 0.05) is 18.7 Å². The first-order valence-corrected chi connectivity index (χ1v) is 7.97. The van der Waals surface area contributed by atoms with Crippen molar-refractivity contribution in [1.82, 2.24) is 5.32 Å². The van der Waals surface area contributed by atoms with Crippen LogP contribution in [0.15, 0.2) is 48.5 Å². The van der Waals surface area contributed by atoms with Crippen LogP contribution in [-0.2, 0) is 16.0 Å². The fraction of sp³-hybridized carbons (Fsp3) is 0.263. The van der Waals surface area contributed by atoms with Gasteiger partial charge in [0.25, 0.3) is 0 Å². The zero-order valence-electron chi connectivity index (χ0n) is 13.5. The van der Waals surface area contributed by atoms with Crippen molar-refractivity contribution in [3.05, 3.63) is 59.7 Å². The predicted octanol–water partition coefficient (Wildman–Crippen LogP) is 2.48. The lowest BCUT2D eigenvalue weighted by Crippen LogP contribution is -2.28. The van der Waals surface area contributed by atoms with E-state index >= 15 is 0 Å². The van der Waals surface area contributed by atoms with Crippen molar-refractivity contribution in [2.45, 2.75) is 18.8 Å². The van der Waals surface area contributed by atoms with Crippen molar-refractivity contribution >= 4 is 17.5 Å². The fourth-order valence-electron chi connectivity index (χ4n) is 2.87. The maximum Gasteiger partial charge on any atom is 0.232 e. The Morgan fingerprint density at radius 3 is 2.67 bits per heavy atom. The average molecular weight is 324 g/mol. The number of amides is 2. The van der Waals surface area contributed by atoms with E-state index in [0.717, 1.165) is 29.0 Å². The highest BCUT2D eigenvalue weighted by Crippen LogP contribution is 2.34. The molecule has 5 nitrogen and oxygen atoms in total. The number of carbonyl (C=O) groups excluding carboxylic acids is 2. The summed E-state index contributed by atoms with van der Waals surface area (Å²) in [7, 11) is 1.63. The normalized spacial score (nSPS) is 15.5. The molecule has 0 aromatic heterocycles. The lowest BCUT2D eigenvalue weighted by atomic mass is 9.97. The quantitative estimate of drug-likeness (QED) is 0.858. The maximum absolute atomic E-state index is 12.1. The van der Waals surface area contributed by atoms with Crippen LogP contribution in [0.1, 0.15) is 23.5 Å². The molecule has 2 aromatic carbocycles. The number of hydrogen-bond donors (Lipinski definition) is 2. The highest BCUT2D eigenvalue weighted by molar-refractivity contribution is 6.04. The van der Waals surface area contributed by atoms with Gasteiger partial charge in [0.15, 0.2) is 0 Å². The third-order valence-corrected chi connectivity index (χ3v) is 4.19. The minimum Gasteiger partial charge on any atom is -0.497 e. The second-order valence-corrected chi connectivity index (χ2v) is 5.78. The molecule has 124 valence electrons. The van der Waals surface area contributed by atoms with Gasteiger partial charge < -0.3 is 15.4 Å². The van der Waals surface area contributed by atoms with Gasteiger partial charge in [-0.15, -0.1) is 0 Å². The van der Waals surface area contributed by atoms with E-state index in [1.165, 1.54) is 0 Å². The zero-order chi connectivity index (χ0) is 16.9. The minimum absolute atomic E-state index is 0.110. The third-order valence-electron chi connectivity index (χ3n) is 4.19. The van der Waals surface area contributed by atoms with Gasteiger partial charge in [-0.2, -0.15) is 0 Å². The summed E-state index contributed by atoms with van der Waals surface area (Å²) < 4.78 is 5.12. The van der Waals surface area contributed by atoms with Crippen LogP contribution in [0, 0.1) is 0 Å². The van der Waals surface area contributed by atoms with Crippen LogP contribution in [0.3, 0.4) is 0 Å². The smallest absolute Gasteiger partial charge is 0.232 e. The number of nitrogens with one attached hydrogen (secondary N) is 2. The van der Waals surface area contributed by atoms with Crippen LogP contribution < -0.4 is 15.4 Å². The first-order valence-electron chi connectivity index (χ1n) is 7.97. The van der Waals surface area contributed by atoms with Crippen molar-refractivity contribution in [2.24, 2.45) is 0 Å². The van der Waals surface area contributed by atoms with Crippen LogP contribution in [-0.4, -0.2) is 25.5 Å². The maximum atomic E-state index is 12.1. The molecule has 5 heteroatoms. The molecule has 2 N–H and O–H groups in total.